The van der Waals surface area contributed by atoms with Crippen molar-refractivity contribution in [1.82, 2.24) is 10.2 Å². The van der Waals surface area contributed by atoms with Crippen LogP contribution in [0.3, 0.4) is 0 Å². The summed E-state index contributed by atoms with van der Waals surface area (Å²) >= 11 is 0. The number of hydrogen-bond acceptors (Lipinski definition) is 7. The number of aromatic nitrogens is 2. The summed E-state index contributed by atoms with van der Waals surface area (Å²) in [6.45, 7) is 4.88. The fraction of sp³-hybridized carbons (Fsp3) is 0.308. The van der Waals surface area contributed by atoms with Crippen molar-refractivity contribution in [3.05, 3.63) is 51.2 Å². The SMILES string of the molecule is Cc1ccc([N+](=O)[O-])c(C(=O)O[C@@H](C)c2nnc(C)o2)c1. The topological polar surface area (TPSA) is 108 Å². The van der Waals surface area contributed by atoms with Crippen LogP contribution >= 0.6 is 0 Å². The molecular weight excluding hydrogens is 278 g/mol. The molecule has 1 aromatic heterocycles. The minimum atomic E-state index is -0.811. The number of hydrogen-bond donors (Lipinski definition) is 0. The first-order valence-electron chi connectivity index (χ1n) is 6.14. The molecule has 0 saturated heterocycles. The van der Waals surface area contributed by atoms with Crippen LogP contribution in [0.1, 0.15) is 40.7 Å². The number of carbonyl (C=O) groups excluding carboxylic acids is 1. The highest BCUT2D eigenvalue weighted by atomic mass is 16.6. The molecule has 0 saturated carbocycles. The van der Waals surface area contributed by atoms with Crippen LogP contribution in [0.2, 0.25) is 0 Å². The Balaban J connectivity index is 2.24. The Hall–Kier alpha value is -2.77. The van der Waals surface area contributed by atoms with Crippen LogP contribution in [-0.4, -0.2) is 21.1 Å². The molecule has 21 heavy (non-hydrogen) atoms. The van der Waals surface area contributed by atoms with Gasteiger partial charge in [-0.1, -0.05) is 6.07 Å². The molecule has 2 aromatic rings. The van der Waals surface area contributed by atoms with Crippen LogP contribution < -0.4 is 0 Å². The largest absolute Gasteiger partial charge is 0.449 e. The molecule has 0 aliphatic heterocycles. The van der Waals surface area contributed by atoms with E-state index in [1.165, 1.54) is 12.1 Å². The average molecular weight is 291 g/mol. The summed E-state index contributed by atoms with van der Waals surface area (Å²) in [6, 6.07) is 4.24. The van der Waals surface area contributed by atoms with Crippen molar-refractivity contribution in [2.24, 2.45) is 0 Å². The van der Waals surface area contributed by atoms with Crippen LogP contribution in [0.15, 0.2) is 22.6 Å². The first kappa shape index (κ1) is 14.6. The molecule has 8 nitrogen and oxygen atoms in total. The van der Waals surface area contributed by atoms with E-state index in [2.05, 4.69) is 10.2 Å². The number of rotatable bonds is 4. The van der Waals surface area contributed by atoms with E-state index in [1.54, 1.807) is 26.8 Å². The minimum Gasteiger partial charge on any atom is -0.449 e. The molecule has 0 aliphatic carbocycles. The van der Waals surface area contributed by atoms with Gasteiger partial charge in [0.25, 0.3) is 11.6 Å². The molecule has 0 N–H and O–H groups in total. The van der Waals surface area contributed by atoms with Gasteiger partial charge in [0.15, 0.2) is 6.10 Å². The van der Waals surface area contributed by atoms with E-state index in [0.29, 0.717) is 11.5 Å². The lowest BCUT2D eigenvalue weighted by molar-refractivity contribution is -0.385. The fourth-order valence-electron chi connectivity index (χ4n) is 1.72. The maximum absolute atomic E-state index is 12.1. The second-order valence-electron chi connectivity index (χ2n) is 4.48. The first-order valence-corrected chi connectivity index (χ1v) is 6.14. The molecule has 0 aliphatic rings. The van der Waals surface area contributed by atoms with E-state index < -0.39 is 17.0 Å². The molecule has 0 spiro atoms. The lowest BCUT2D eigenvalue weighted by Gasteiger charge is -2.10. The molecule has 0 amide bonds. The molecule has 110 valence electrons. The number of esters is 1. The molecule has 1 atom stereocenters. The molecule has 0 fully saturated rings. The van der Waals surface area contributed by atoms with Gasteiger partial charge >= 0.3 is 5.97 Å². The highest BCUT2D eigenvalue weighted by Crippen LogP contribution is 2.24. The highest BCUT2D eigenvalue weighted by Gasteiger charge is 2.25. The van der Waals surface area contributed by atoms with Gasteiger partial charge in [-0.2, -0.15) is 0 Å². The molecule has 1 aromatic carbocycles. The van der Waals surface area contributed by atoms with E-state index in [4.69, 9.17) is 9.15 Å². The number of carbonyl (C=O) groups is 1. The van der Waals surface area contributed by atoms with Gasteiger partial charge in [-0.15, -0.1) is 10.2 Å². The summed E-state index contributed by atoms with van der Waals surface area (Å²) in [5.41, 5.74) is 0.302. The Morgan fingerprint density at radius 3 is 2.67 bits per heavy atom. The summed E-state index contributed by atoms with van der Waals surface area (Å²) in [5.74, 6) is -0.334. The molecule has 1 heterocycles. The van der Waals surface area contributed by atoms with Gasteiger partial charge in [0.1, 0.15) is 5.56 Å². The van der Waals surface area contributed by atoms with Gasteiger partial charge in [0.05, 0.1) is 4.92 Å². The smallest absolute Gasteiger partial charge is 0.345 e. The highest BCUT2D eigenvalue weighted by molar-refractivity contribution is 5.94. The predicted molar refractivity (Wildman–Crippen MR) is 70.7 cm³/mol. The number of nitro benzene ring substituents is 1. The molecule has 0 radical (unpaired) electrons. The Labute approximate surface area is 119 Å². The van der Waals surface area contributed by atoms with Gasteiger partial charge < -0.3 is 9.15 Å². The fourth-order valence-corrected chi connectivity index (χ4v) is 1.72. The van der Waals surface area contributed by atoms with E-state index in [9.17, 15) is 14.9 Å². The van der Waals surface area contributed by atoms with Crippen LogP contribution in [0.5, 0.6) is 0 Å². The third-order valence-corrected chi connectivity index (χ3v) is 2.74. The lowest BCUT2D eigenvalue weighted by Crippen LogP contribution is -2.12. The van der Waals surface area contributed by atoms with Crippen LogP contribution in [0, 0.1) is 24.0 Å². The second-order valence-corrected chi connectivity index (χ2v) is 4.48. The van der Waals surface area contributed by atoms with Crippen molar-refractivity contribution in [3.63, 3.8) is 0 Å². The number of aryl methyl sites for hydroxylation is 2. The average Bonchev–Trinajstić information content (AvgIpc) is 2.85. The van der Waals surface area contributed by atoms with Crippen LogP contribution in [0.25, 0.3) is 0 Å². The van der Waals surface area contributed by atoms with E-state index in [0.717, 1.165) is 0 Å². The molecular formula is C13H13N3O5. The number of benzene rings is 1. The summed E-state index contributed by atoms with van der Waals surface area (Å²) < 4.78 is 10.3. The maximum Gasteiger partial charge on any atom is 0.345 e. The molecule has 2 rings (SSSR count). The maximum atomic E-state index is 12.1. The third kappa shape index (κ3) is 3.22. The van der Waals surface area contributed by atoms with Gasteiger partial charge in [0, 0.05) is 13.0 Å². The van der Waals surface area contributed by atoms with Crippen molar-refractivity contribution in [2.45, 2.75) is 26.9 Å². The Morgan fingerprint density at radius 1 is 1.38 bits per heavy atom. The van der Waals surface area contributed by atoms with Gasteiger partial charge in [-0.3, -0.25) is 10.1 Å². The van der Waals surface area contributed by atoms with E-state index >= 15 is 0 Å². The zero-order valence-electron chi connectivity index (χ0n) is 11.7. The lowest BCUT2D eigenvalue weighted by atomic mass is 10.1. The summed E-state index contributed by atoms with van der Waals surface area (Å²) in [6.07, 6.45) is -0.793. The monoisotopic (exact) mass is 291 g/mol. The van der Waals surface area contributed by atoms with E-state index in [-0.39, 0.29) is 17.1 Å². The summed E-state index contributed by atoms with van der Waals surface area (Å²) in [4.78, 5) is 22.4. The van der Waals surface area contributed by atoms with Gasteiger partial charge in [-0.25, -0.2) is 4.79 Å². The summed E-state index contributed by atoms with van der Waals surface area (Å²) in [7, 11) is 0. The van der Waals surface area contributed by atoms with Crippen molar-refractivity contribution in [1.29, 1.82) is 0 Å². The van der Waals surface area contributed by atoms with Crippen molar-refractivity contribution < 1.29 is 18.9 Å². The first-order chi connectivity index (χ1) is 9.88. The van der Waals surface area contributed by atoms with Crippen molar-refractivity contribution in [2.75, 3.05) is 0 Å². The van der Waals surface area contributed by atoms with Gasteiger partial charge in [0.2, 0.25) is 5.89 Å². The Bertz CT molecular complexity index is 695. The van der Waals surface area contributed by atoms with Crippen LogP contribution in [0.4, 0.5) is 5.69 Å². The van der Waals surface area contributed by atoms with Crippen molar-refractivity contribution >= 4 is 11.7 Å². The zero-order chi connectivity index (χ0) is 15.6. The zero-order valence-corrected chi connectivity index (χ0v) is 11.7. The van der Waals surface area contributed by atoms with E-state index in [1.807, 2.05) is 0 Å². The minimum absolute atomic E-state index is 0.108. The third-order valence-electron chi connectivity index (χ3n) is 2.74. The standard InChI is InChI=1S/C13H13N3O5/c1-7-4-5-11(16(18)19)10(6-7)13(17)20-8(2)12-15-14-9(3)21-12/h4-6,8H,1-3H3/t8-/m0/s1. The number of nitro groups is 1. The predicted octanol–water partition coefficient (Wildman–Crippen LogP) is 2.51. The Kier molecular flexibility index (Phi) is 3.97. The Morgan fingerprint density at radius 2 is 2.10 bits per heavy atom. The number of nitrogens with zero attached hydrogens (tertiary/aromatic N) is 3. The molecule has 0 bridgehead atoms. The number of ether oxygens (including phenoxy) is 1. The van der Waals surface area contributed by atoms with Crippen molar-refractivity contribution in [3.8, 4) is 0 Å². The normalized spacial score (nSPS) is 12.0. The van der Waals surface area contributed by atoms with Gasteiger partial charge in [-0.05, 0) is 25.5 Å². The second kappa shape index (κ2) is 5.70. The quantitative estimate of drug-likeness (QED) is 0.483. The summed E-state index contributed by atoms with van der Waals surface area (Å²) in [5, 5.41) is 18.3. The molecule has 0 unspecified atom stereocenters. The van der Waals surface area contributed by atoms with Crippen LogP contribution in [-0.2, 0) is 4.74 Å². The molecule has 8 heteroatoms.